The Bertz CT molecular complexity index is 1270. The van der Waals surface area contributed by atoms with Crippen LogP contribution < -0.4 is 10.5 Å². The molecule has 1 fully saturated rings. The number of nitrogens with one attached hydrogen (secondary N) is 1. The first-order valence-electron chi connectivity index (χ1n) is 11.3. The third-order valence-electron chi connectivity index (χ3n) is 6.38. The molecule has 0 aliphatic carbocycles. The number of hydrogen-bond acceptors (Lipinski definition) is 4. The molecule has 1 aliphatic rings. The number of methoxy groups -OCH3 is 1. The van der Waals surface area contributed by atoms with E-state index < -0.39 is 0 Å². The molecule has 6 heteroatoms. The van der Waals surface area contributed by atoms with Crippen molar-refractivity contribution in [2.45, 2.75) is 32.3 Å². The number of piperidine rings is 1. The Morgan fingerprint density at radius 2 is 1.62 bits per heavy atom. The van der Waals surface area contributed by atoms with Crippen molar-refractivity contribution in [2.75, 3.05) is 25.1 Å². The van der Waals surface area contributed by atoms with Gasteiger partial charge in [-0.15, -0.1) is 0 Å². The maximum absolute atomic E-state index is 13.8. The van der Waals surface area contributed by atoms with E-state index in [0.29, 0.717) is 17.8 Å². The highest BCUT2D eigenvalue weighted by Crippen LogP contribution is 2.35. The minimum absolute atomic E-state index is 0.0397. The van der Waals surface area contributed by atoms with Gasteiger partial charge in [-0.2, -0.15) is 4.52 Å². The first kappa shape index (κ1) is 20.5. The van der Waals surface area contributed by atoms with Crippen molar-refractivity contribution in [3.8, 4) is 22.4 Å². The van der Waals surface area contributed by atoms with Crippen LogP contribution in [0.5, 0.6) is 0 Å². The van der Waals surface area contributed by atoms with Crippen LogP contribution in [0.15, 0.2) is 65.5 Å². The van der Waals surface area contributed by atoms with E-state index in [1.54, 1.807) is 11.6 Å². The minimum Gasteiger partial charge on any atom is -0.381 e. The molecule has 164 valence electrons. The summed E-state index contributed by atoms with van der Waals surface area (Å²) in [5.41, 5.74) is 6.10. The Balaban J connectivity index is 1.74. The minimum atomic E-state index is -0.0397. The van der Waals surface area contributed by atoms with E-state index in [9.17, 15) is 4.79 Å². The quantitative estimate of drug-likeness (QED) is 0.507. The van der Waals surface area contributed by atoms with Gasteiger partial charge in [0.25, 0.3) is 5.56 Å². The first-order chi connectivity index (χ1) is 15.7. The average molecular weight is 429 g/mol. The number of aromatic amines is 1. The van der Waals surface area contributed by atoms with Gasteiger partial charge in [0, 0.05) is 25.8 Å². The number of fused-ring (bicyclic) bond motifs is 1. The highest BCUT2D eigenvalue weighted by Gasteiger charge is 2.26. The predicted octanol–water partition coefficient (Wildman–Crippen LogP) is 4.53. The van der Waals surface area contributed by atoms with Crippen molar-refractivity contribution >= 4 is 11.3 Å². The molecule has 1 aliphatic heterocycles. The number of nitrogens with zero attached hydrogens (tertiary/aromatic N) is 3. The fraction of sp³-hybridized carbons (Fsp3) is 0.308. The van der Waals surface area contributed by atoms with Gasteiger partial charge in [0.15, 0.2) is 5.65 Å². The summed E-state index contributed by atoms with van der Waals surface area (Å²) in [6.45, 7) is 3.66. The molecule has 1 N–H and O–H groups in total. The molecule has 4 aromatic rings. The van der Waals surface area contributed by atoms with Crippen LogP contribution in [0.3, 0.4) is 0 Å². The van der Waals surface area contributed by atoms with Crippen LogP contribution in [0.2, 0.25) is 0 Å². The zero-order chi connectivity index (χ0) is 22.1. The highest BCUT2D eigenvalue weighted by atomic mass is 16.5. The molecule has 0 spiro atoms. The Kier molecular flexibility index (Phi) is 5.53. The van der Waals surface area contributed by atoms with Gasteiger partial charge in [-0.05, 0) is 24.8 Å². The van der Waals surface area contributed by atoms with E-state index >= 15 is 0 Å². The van der Waals surface area contributed by atoms with Crippen LogP contribution in [0.4, 0.5) is 5.69 Å². The van der Waals surface area contributed by atoms with E-state index in [1.807, 2.05) is 36.4 Å². The molecular formula is C26H28N4O2. The molecular weight excluding hydrogens is 400 g/mol. The summed E-state index contributed by atoms with van der Waals surface area (Å²) in [5, 5.41) is 3.39. The summed E-state index contributed by atoms with van der Waals surface area (Å²) in [6.07, 6.45) is 2.79. The largest absolute Gasteiger partial charge is 0.381 e. The van der Waals surface area contributed by atoms with Crippen molar-refractivity contribution in [3.05, 3.63) is 76.7 Å². The summed E-state index contributed by atoms with van der Waals surface area (Å²) in [4.78, 5) is 21.0. The summed E-state index contributed by atoms with van der Waals surface area (Å²) in [6, 6.07) is 20.3. The van der Waals surface area contributed by atoms with Crippen LogP contribution in [0.1, 0.15) is 25.5 Å². The number of hydrogen-bond donors (Lipinski definition) is 1. The van der Waals surface area contributed by atoms with Gasteiger partial charge in [-0.25, -0.2) is 4.98 Å². The second kappa shape index (κ2) is 8.63. The van der Waals surface area contributed by atoms with Gasteiger partial charge in [-0.1, -0.05) is 67.6 Å². The Morgan fingerprint density at radius 1 is 1.00 bits per heavy atom. The molecule has 3 heterocycles. The summed E-state index contributed by atoms with van der Waals surface area (Å²) >= 11 is 0. The van der Waals surface area contributed by atoms with Gasteiger partial charge < -0.3 is 9.64 Å². The number of anilines is 1. The topological polar surface area (TPSA) is 62.6 Å². The van der Waals surface area contributed by atoms with Crippen LogP contribution in [-0.4, -0.2) is 40.9 Å². The monoisotopic (exact) mass is 428 g/mol. The molecule has 2 aromatic heterocycles. The zero-order valence-corrected chi connectivity index (χ0v) is 18.5. The number of ether oxygens (including phenoxy) is 1. The molecule has 0 bridgehead atoms. The number of aromatic nitrogens is 3. The van der Waals surface area contributed by atoms with Crippen LogP contribution in [0.25, 0.3) is 28.0 Å². The predicted molar refractivity (Wildman–Crippen MR) is 128 cm³/mol. The maximum atomic E-state index is 13.8. The molecule has 0 saturated carbocycles. The van der Waals surface area contributed by atoms with Crippen molar-refractivity contribution < 1.29 is 4.74 Å². The number of benzene rings is 2. The van der Waals surface area contributed by atoms with E-state index in [1.165, 1.54) is 0 Å². The first-order valence-corrected chi connectivity index (χ1v) is 11.3. The fourth-order valence-corrected chi connectivity index (χ4v) is 4.68. The van der Waals surface area contributed by atoms with E-state index in [4.69, 9.17) is 9.72 Å². The van der Waals surface area contributed by atoms with Crippen molar-refractivity contribution in [1.29, 1.82) is 0 Å². The molecule has 0 unspecified atom stereocenters. The standard InChI is InChI=1S/C26H28N4O2/c1-3-21-24(29-16-14-20(32-2)15-17-29)26(31)30-25(27-21)22(18-10-6-4-7-11-18)23(28-30)19-12-8-5-9-13-19/h4-13,20,28H,3,14-17H2,1-2H3. The van der Waals surface area contributed by atoms with Gasteiger partial charge in [0.2, 0.25) is 0 Å². The Labute approximate surface area is 187 Å². The summed E-state index contributed by atoms with van der Waals surface area (Å²) in [7, 11) is 1.76. The highest BCUT2D eigenvalue weighted by molar-refractivity contribution is 5.90. The summed E-state index contributed by atoms with van der Waals surface area (Å²) in [5.74, 6) is 0. The van der Waals surface area contributed by atoms with E-state index in [0.717, 1.165) is 54.0 Å². The normalized spacial score (nSPS) is 14.9. The van der Waals surface area contributed by atoms with Crippen LogP contribution >= 0.6 is 0 Å². The molecule has 0 amide bonds. The second-order valence-electron chi connectivity index (χ2n) is 8.24. The van der Waals surface area contributed by atoms with Gasteiger partial charge in [0.05, 0.1) is 23.1 Å². The Morgan fingerprint density at radius 3 is 2.22 bits per heavy atom. The van der Waals surface area contributed by atoms with E-state index in [2.05, 4.69) is 41.2 Å². The fourth-order valence-electron chi connectivity index (χ4n) is 4.68. The third-order valence-corrected chi connectivity index (χ3v) is 6.38. The third kappa shape index (κ3) is 3.50. The zero-order valence-electron chi connectivity index (χ0n) is 18.5. The molecule has 1 saturated heterocycles. The molecule has 32 heavy (non-hydrogen) atoms. The van der Waals surface area contributed by atoms with Crippen molar-refractivity contribution in [3.63, 3.8) is 0 Å². The molecule has 2 aromatic carbocycles. The number of H-pyrrole nitrogens is 1. The SMILES string of the molecule is CCc1nc2c(-c3ccccc3)c(-c3ccccc3)[nH]n2c(=O)c1N1CCC(OC)CC1. The smallest absolute Gasteiger partial charge is 0.296 e. The van der Waals surface area contributed by atoms with E-state index in [-0.39, 0.29) is 11.7 Å². The van der Waals surface area contributed by atoms with Crippen LogP contribution in [0, 0.1) is 0 Å². The van der Waals surface area contributed by atoms with Gasteiger partial charge in [-0.3, -0.25) is 9.89 Å². The van der Waals surface area contributed by atoms with Gasteiger partial charge >= 0.3 is 0 Å². The molecule has 6 nitrogen and oxygen atoms in total. The lowest BCUT2D eigenvalue weighted by atomic mass is 10.0. The molecule has 0 atom stereocenters. The molecule has 5 rings (SSSR count). The molecule has 0 radical (unpaired) electrons. The average Bonchev–Trinajstić information content (AvgIpc) is 3.25. The maximum Gasteiger partial charge on any atom is 0.296 e. The van der Waals surface area contributed by atoms with Gasteiger partial charge in [0.1, 0.15) is 5.69 Å². The lowest BCUT2D eigenvalue weighted by molar-refractivity contribution is 0.0818. The Hall–Kier alpha value is -3.38. The summed E-state index contributed by atoms with van der Waals surface area (Å²) < 4.78 is 7.14. The number of aryl methyl sites for hydroxylation is 1. The van der Waals surface area contributed by atoms with Crippen LogP contribution in [-0.2, 0) is 11.2 Å². The number of rotatable bonds is 5. The lowest BCUT2D eigenvalue weighted by Gasteiger charge is -2.33. The second-order valence-corrected chi connectivity index (χ2v) is 8.24. The lowest BCUT2D eigenvalue weighted by Crippen LogP contribution is -2.41. The van der Waals surface area contributed by atoms with Crippen molar-refractivity contribution in [2.24, 2.45) is 0 Å². The van der Waals surface area contributed by atoms with Crippen molar-refractivity contribution in [1.82, 2.24) is 14.6 Å².